The number of benzene rings is 1. The van der Waals surface area contributed by atoms with Crippen molar-refractivity contribution in [1.82, 2.24) is 10.3 Å². The fourth-order valence-corrected chi connectivity index (χ4v) is 2.69. The van der Waals surface area contributed by atoms with Gasteiger partial charge in [-0.1, -0.05) is 0 Å². The highest BCUT2D eigenvalue weighted by molar-refractivity contribution is 5.29. The third-order valence-electron chi connectivity index (χ3n) is 3.77. The van der Waals surface area contributed by atoms with Crippen LogP contribution in [0, 0.1) is 23.4 Å². The van der Waals surface area contributed by atoms with Gasteiger partial charge in [-0.15, -0.1) is 0 Å². The summed E-state index contributed by atoms with van der Waals surface area (Å²) >= 11 is 0. The first-order chi connectivity index (χ1) is 10.6. The number of nitrogens with one attached hydrogen (secondary N) is 1. The standard InChI is InChI=1S/C16H15F3N2O/c17-12-7-13(18)16(14(19)8-12)22-15(11-3-6-21-9-11)10-1-4-20-5-2-10/h1-2,4-5,7-8,11,15,21H,3,6,9H2/t11?,15-/m1/s1. The molecular formula is C16H15F3N2O. The van der Waals surface area contributed by atoms with Gasteiger partial charge in [0.25, 0.3) is 0 Å². The maximum Gasteiger partial charge on any atom is 0.191 e. The second kappa shape index (κ2) is 6.36. The maximum absolute atomic E-state index is 13.8. The smallest absolute Gasteiger partial charge is 0.191 e. The highest BCUT2D eigenvalue weighted by atomic mass is 19.1. The predicted molar refractivity (Wildman–Crippen MR) is 74.9 cm³/mol. The van der Waals surface area contributed by atoms with E-state index >= 15 is 0 Å². The Morgan fingerprint density at radius 3 is 2.41 bits per heavy atom. The van der Waals surface area contributed by atoms with Crippen molar-refractivity contribution in [3.05, 3.63) is 59.7 Å². The third-order valence-corrected chi connectivity index (χ3v) is 3.77. The third kappa shape index (κ3) is 3.06. The summed E-state index contributed by atoms with van der Waals surface area (Å²) in [5.41, 5.74) is 0.784. The summed E-state index contributed by atoms with van der Waals surface area (Å²) in [5.74, 6) is -3.52. The van der Waals surface area contributed by atoms with E-state index in [-0.39, 0.29) is 5.92 Å². The largest absolute Gasteiger partial charge is 0.479 e. The number of nitrogens with zero attached hydrogens (tertiary/aromatic N) is 1. The van der Waals surface area contributed by atoms with Crippen LogP contribution >= 0.6 is 0 Å². The highest BCUT2D eigenvalue weighted by Crippen LogP contribution is 2.34. The zero-order chi connectivity index (χ0) is 15.5. The monoisotopic (exact) mass is 308 g/mol. The van der Waals surface area contributed by atoms with Gasteiger partial charge >= 0.3 is 0 Å². The Labute approximate surface area is 126 Å². The van der Waals surface area contributed by atoms with Crippen LogP contribution in [0.25, 0.3) is 0 Å². The second-order valence-electron chi connectivity index (χ2n) is 5.27. The molecule has 2 heterocycles. The molecule has 1 aromatic heterocycles. The topological polar surface area (TPSA) is 34.1 Å². The van der Waals surface area contributed by atoms with Crippen molar-refractivity contribution in [2.24, 2.45) is 5.92 Å². The van der Waals surface area contributed by atoms with Crippen molar-refractivity contribution in [3.8, 4) is 5.75 Å². The average molecular weight is 308 g/mol. The molecule has 3 nitrogen and oxygen atoms in total. The van der Waals surface area contributed by atoms with E-state index in [4.69, 9.17) is 4.74 Å². The van der Waals surface area contributed by atoms with E-state index in [1.54, 1.807) is 24.5 Å². The van der Waals surface area contributed by atoms with Crippen LogP contribution in [-0.4, -0.2) is 18.1 Å². The maximum atomic E-state index is 13.8. The molecule has 2 atom stereocenters. The van der Waals surface area contributed by atoms with Gasteiger partial charge in [0.15, 0.2) is 17.4 Å². The average Bonchev–Trinajstić information content (AvgIpc) is 3.01. The molecule has 22 heavy (non-hydrogen) atoms. The normalized spacial score (nSPS) is 19.1. The van der Waals surface area contributed by atoms with Gasteiger partial charge in [-0.3, -0.25) is 4.98 Å². The van der Waals surface area contributed by atoms with E-state index < -0.39 is 29.3 Å². The number of ether oxygens (including phenoxy) is 1. The predicted octanol–water partition coefficient (Wildman–Crippen LogP) is 3.23. The van der Waals surface area contributed by atoms with Gasteiger partial charge in [0, 0.05) is 37.0 Å². The molecule has 1 N–H and O–H groups in total. The fraction of sp³-hybridized carbons (Fsp3) is 0.312. The van der Waals surface area contributed by atoms with Crippen LogP contribution in [0.5, 0.6) is 5.75 Å². The van der Waals surface area contributed by atoms with Gasteiger partial charge in [0.1, 0.15) is 11.9 Å². The van der Waals surface area contributed by atoms with Crippen LogP contribution in [0.4, 0.5) is 13.2 Å². The van der Waals surface area contributed by atoms with Crippen molar-refractivity contribution in [2.75, 3.05) is 13.1 Å². The molecule has 1 unspecified atom stereocenters. The van der Waals surface area contributed by atoms with Crippen LogP contribution in [0.3, 0.4) is 0 Å². The molecule has 2 aromatic rings. The number of halogens is 3. The SMILES string of the molecule is Fc1cc(F)c(O[C@H](c2ccncc2)C2CCNC2)c(F)c1. The van der Waals surface area contributed by atoms with Crippen molar-refractivity contribution < 1.29 is 17.9 Å². The molecule has 1 aromatic carbocycles. The lowest BCUT2D eigenvalue weighted by atomic mass is 9.95. The molecule has 1 aliphatic heterocycles. The Kier molecular flexibility index (Phi) is 4.29. The van der Waals surface area contributed by atoms with Gasteiger partial charge in [0.05, 0.1) is 0 Å². The van der Waals surface area contributed by atoms with Crippen molar-refractivity contribution in [3.63, 3.8) is 0 Å². The first-order valence-electron chi connectivity index (χ1n) is 7.07. The molecule has 1 aliphatic rings. The summed E-state index contributed by atoms with van der Waals surface area (Å²) in [7, 11) is 0. The number of hydrogen-bond acceptors (Lipinski definition) is 3. The summed E-state index contributed by atoms with van der Waals surface area (Å²) in [6, 6.07) is 4.74. The van der Waals surface area contributed by atoms with E-state index in [0.29, 0.717) is 18.7 Å². The van der Waals surface area contributed by atoms with Crippen molar-refractivity contribution >= 4 is 0 Å². The lowest BCUT2D eigenvalue weighted by molar-refractivity contribution is 0.131. The molecule has 3 rings (SSSR count). The first-order valence-corrected chi connectivity index (χ1v) is 7.07. The molecule has 1 saturated heterocycles. The molecule has 0 saturated carbocycles. The van der Waals surface area contributed by atoms with Crippen molar-refractivity contribution in [1.29, 1.82) is 0 Å². The summed E-state index contributed by atoms with van der Waals surface area (Å²) in [6.45, 7) is 1.52. The molecule has 0 bridgehead atoms. The molecule has 0 spiro atoms. The number of hydrogen-bond donors (Lipinski definition) is 1. The lowest BCUT2D eigenvalue weighted by Gasteiger charge is -2.25. The molecule has 0 aliphatic carbocycles. The van der Waals surface area contributed by atoms with E-state index in [1.165, 1.54) is 0 Å². The molecule has 0 radical (unpaired) electrons. The summed E-state index contributed by atoms with van der Waals surface area (Å²) < 4.78 is 46.3. The van der Waals surface area contributed by atoms with Crippen LogP contribution in [-0.2, 0) is 0 Å². The Morgan fingerprint density at radius 2 is 1.82 bits per heavy atom. The minimum atomic E-state index is -1.04. The zero-order valence-electron chi connectivity index (χ0n) is 11.7. The Morgan fingerprint density at radius 1 is 1.14 bits per heavy atom. The molecule has 0 amide bonds. The lowest BCUT2D eigenvalue weighted by Crippen LogP contribution is -2.22. The van der Waals surface area contributed by atoms with Crippen LogP contribution < -0.4 is 10.1 Å². The molecular weight excluding hydrogens is 293 g/mol. The Balaban J connectivity index is 1.94. The highest BCUT2D eigenvalue weighted by Gasteiger charge is 2.30. The quantitative estimate of drug-likeness (QED) is 0.941. The van der Waals surface area contributed by atoms with Gasteiger partial charge in [-0.2, -0.15) is 0 Å². The van der Waals surface area contributed by atoms with E-state index in [9.17, 15) is 13.2 Å². The molecule has 116 valence electrons. The summed E-state index contributed by atoms with van der Waals surface area (Å²) in [5, 5.41) is 3.20. The molecule has 1 fully saturated rings. The van der Waals surface area contributed by atoms with Gasteiger partial charge in [-0.25, -0.2) is 13.2 Å². The van der Waals surface area contributed by atoms with E-state index in [0.717, 1.165) is 18.5 Å². The Bertz CT molecular complexity index is 622. The van der Waals surface area contributed by atoms with Crippen LogP contribution in [0.15, 0.2) is 36.7 Å². The second-order valence-corrected chi connectivity index (χ2v) is 5.27. The van der Waals surface area contributed by atoms with Gasteiger partial charge in [-0.05, 0) is 30.7 Å². The number of rotatable bonds is 4. The minimum Gasteiger partial charge on any atom is -0.479 e. The summed E-state index contributed by atoms with van der Waals surface area (Å²) in [6.07, 6.45) is 3.52. The van der Waals surface area contributed by atoms with Gasteiger partial charge in [0.2, 0.25) is 0 Å². The zero-order valence-corrected chi connectivity index (χ0v) is 11.7. The first kappa shape index (κ1) is 14.8. The minimum absolute atomic E-state index is 0.0752. The Hall–Kier alpha value is -2.08. The van der Waals surface area contributed by atoms with E-state index in [1.807, 2.05) is 0 Å². The number of pyridine rings is 1. The van der Waals surface area contributed by atoms with E-state index in [2.05, 4.69) is 10.3 Å². The summed E-state index contributed by atoms with van der Waals surface area (Å²) in [4.78, 5) is 3.94. The molecule has 6 heteroatoms. The van der Waals surface area contributed by atoms with Crippen LogP contribution in [0.1, 0.15) is 18.1 Å². The number of aromatic nitrogens is 1. The fourth-order valence-electron chi connectivity index (χ4n) is 2.69. The van der Waals surface area contributed by atoms with Crippen molar-refractivity contribution in [2.45, 2.75) is 12.5 Å². The van der Waals surface area contributed by atoms with Gasteiger partial charge < -0.3 is 10.1 Å². The van der Waals surface area contributed by atoms with Crippen LogP contribution in [0.2, 0.25) is 0 Å².